The molecule has 0 aromatic heterocycles. The van der Waals surface area contributed by atoms with Gasteiger partial charge >= 0.3 is 0 Å². The molecule has 0 spiro atoms. The van der Waals surface area contributed by atoms with Gasteiger partial charge in [0, 0.05) is 12.8 Å². The molecular weight excluding hydrogens is 152 g/mol. The minimum Gasteiger partial charge on any atom is -0.295 e. The number of allylic oxidation sites excluding steroid dienone is 2. The Kier molecular flexibility index (Phi) is 3.71. The number of ketones is 2. The van der Waals surface area contributed by atoms with E-state index in [1.165, 1.54) is 12.2 Å². The van der Waals surface area contributed by atoms with E-state index < -0.39 is 0 Å². The van der Waals surface area contributed by atoms with Gasteiger partial charge in [0.2, 0.25) is 0 Å². The van der Waals surface area contributed by atoms with E-state index in [1.807, 2.05) is 0 Å². The predicted molar refractivity (Wildman–Crippen MR) is 46.9 cm³/mol. The molecule has 0 amide bonds. The average Bonchev–Trinajstić information content (AvgIpc) is 2.07. The van der Waals surface area contributed by atoms with E-state index in [9.17, 15) is 9.59 Å². The summed E-state index contributed by atoms with van der Waals surface area (Å²) < 4.78 is 0. The first kappa shape index (κ1) is 9.17. The van der Waals surface area contributed by atoms with Gasteiger partial charge in [0.05, 0.1) is 0 Å². The monoisotopic (exact) mass is 166 g/mol. The van der Waals surface area contributed by atoms with E-state index >= 15 is 0 Å². The van der Waals surface area contributed by atoms with E-state index in [0.717, 1.165) is 25.7 Å². The summed E-state index contributed by atoms with van der Waals surface area (Å²) in [6.07, 6.45) is 8.14. The van der Waals surface area contributed by atoms with Crippen LogP contribution in [0.2, 0.25) is 0 Å². The molecule has 0 aromatic carbocycles. The maximum absolute atomic E-state index is 11.0. The molecular formula is C10H14O2. The van der Waals surface area contributed by atoms with E-state index in [0.29, 0.717) is 12.8 Å². The van der Waals surface area contributed by atoms with Crippen LogP contribution >= 0.6 is 0 Å². The SMILES string of the molecule is O=C1/C=C/C(=O)CCCCCC1. The van der Waals surface area contributed by atoms with Crippen molar-refractivity contribution in [2.45, 2.75) is 38.5 Å². The minimum absolute atomic E-state index is 0.0882. The molecule has 0 unspecified atom stereocenters. The number of hydrogen-bond donors (Lipinski definition) is 0. The quantitative estimate of drug-likeness (QED) is 0.551. The largest absolute Gasteiger partial charge is 0.295 e. The lowest BCUT2D eigenvalue weighted by molar-refractivity contribution is -0.117. The topological polar surface area (TPSA) is 34.1 Å². The molecule has 0 radical (unpaired) electrons. The Morgan fingerprint density at radius 3 is 1.58 bits per heavy atom. The summed E-state index contributed by atoms with van der Waals surface area (Å²) in [4.78, 5) is 22.0. The lowest BCUT2D eigenvalue weighted by Gasteiger charge is -2.00. The van der Waals surface area contributed by atoms with Crippen molar-refractivity contribution in [1.82, 2.24) is 0 Å². The molecule has 0 aromatic rings. The fourth-order valence-corrected chi connectivity index (χ4v) is 1.30. The fraction of sp³-hybridized carbons (Fsp3) is 0.600. The van der Waals surface area contributed by atoms with Gasteiger partial charge in [-0.05, 0) is 25.0 Å². The first-order chi connectivity index (χ1) is 5.79. The van der Waals surface area contributed by atoms with Crippen LogP contribution in [0.25, 0.3) is 0 Å². The first-order valence-electron chi connectivity index (χ1n) is 4.53. The van der Waals surface area contributed by atoms with Crippen molar-refractivity contribution < 1.29 is 9.59 Å². The molecule has 2 heteroatoms. The standard InChI is InChI=1S/C10H14O2/c11-9-5-3-1-2-4-6-10(12)8-7-9/h7-8H,1-6H2/b8-7+. The smallest absolute Gasteiger partial charge is 0.155 e. The van der Waals surface area contributed by atoms with Gasteiger partial charge < -0.3 is 0 Å². The molecule has 0 saturated carbocycles. The highest BCUT2D eigenvalue weighted by Crippen LogP contribution is 2.08. The average molecular weight is 166 g/mol. The molecule has 0 atom stereocenters. The molecule has 0 aliphatic heterocycles. The first-order valence-corrected chi connectivity index (χ1v) is 4.53. The Morgan fingerprint density at radius 1 is 0.750 bits per heavy atom. The number of rotatable bonds is 0. The summed E-state index contributed by atoms with van der Waals surface area (Å²) in [5.41, 5.74) is 0. The van der Waals surface area contributed by atoms with Crippen molar-refractivity contribution in [3.05, 3.63) is 12.2 Å². The van der Waals surface area contributed by atoms with E-state index in [2.05, 4.69) is 0 Å². The molecule has 1 aliphatic rings. The highest BCUT2D eigenvalue weighted by Gasteiger charge is 2.03. The highest BCUT2D eigenvalue weighted by molar-refractivity contribution is 5.98. The van der Waals surface area contributed by atoms with Crippen LogP contribution in [0.5, 0.6) is 0 Å². The van der Waals surface area contributed by atoms with Crippen LogP contribution in [0.4, 0.5) is 0 Å². The zero-order valence-electron chi connectivity index (χ0n) is 7.21. The Morgan fingerprint density at radius 2 is 1.17 bits per heavy atom. The van der Waals surface area contributed by atoms with Crippen LogP contribution in [0.3, 0.4) is 0 Å². The minimum atomic E-state index is 0.0882. The zero-order valence-corrected chi connectivity index (χ0v) is 7.21. The van der Waals surface area contributed by atoms with Crippen molar-refractivity contribution in [1.29, 1.82) is 0 Å². The molecule has 0 N–H and O–H groups in total. The van der Waals surface area contributed by atoms with Crippen molar-refractivity contribution in [3.8, 4) is 0 Å². The summed E-state index contributed by atoms with van der Waals surface area (Å²) in [7, 11) is 0. The maximum atomic E-state index is 11.0. The molecule has 12 heavy (non-hydrogen) atoms. The van der Waals surface area contributed by atoms with Crippen LogP contribution in [-0.2, 0) is 9.59 Å². The highest BCUT2D eigenvalue weighted by atomic mass is 16.1. The summed E-state index contributed by atoms with van der Waals surface area (Å²) in [5, 5.41) is 0. The Labute approximate surface area is 72.7 Å². The molecule has 0 heterocycles. The zero-order chi connectivity index (χ0) is 8.81. The van der Waals surface area contributed by atoms with Crippen LogP contribution < -0.4 is 0 Å². The number of carbonyl (C=O) groups is 2. The molecule has 2 nitrogen and oxygen atoms in total. The van der Waals surface area contributed by atoms with Crippen molar-refractivity contribution in [3.63, 3.8) is 0 Å². The van der Waals surface area contributed by atoms with Crippen LogP contribution in [0, 0.1) is 0 Å². The van der Waals surface area contributed by atoms with Gasteiger partial charge in [0.25, 0.3) is 0 Å². The van der Waals surface area contributed by atoms with Crippen LogP contribution in [-0.4, -0.2) is 11.6 Å². The Bertz CT molecular complexity index is 182. The summed E-state index contributed by atoms with van der Waals surface area (Å²) in [5.74, 6) is 0.176. The second kappa shape index (κ2) is 4.86. The lowest BCUT2D eigenvalue weighted by atomic mass is 10.0. The summed E-state index contributed by atoms with van der Waals surface area (Å²) in [6, 6.07) is 0. The van der Waals surface area contributed by atoms with Crippen molar-refractivity contribution >= 4 is 11.6 Å². The van der Waals surface area contributed by atoms with Crippen molar-refractivity contribution in [2.75, 3.05) is 0 Å². The fourth-order valence-electron chi connectivity index (χ4n) is 1.30. The molecule has 0 bridgehead atoms. The third kappa shape index (κ3) is 3.46. The van der Waals surface area contributed by atoms with Gasteiger partial charge in [-0.25, -0.2) is 0 Å². The molecule has 0 fully saturated rings. The molecule has 1 rings (SSSR count). The van der Waals surface area contributed by atoms with Gasteiger partial charge in [0.1, 0.15) is 0 Å². The maximum Gasteiger partial charge on any atom is 0.155 e. The van der Waals surface area contributed by atoms with Gasteiger partial charge in [-0.15, -0.1) is 0 Å². The Balaban J connectivity index is 2.49. The van der Waals surface area contributed by atoms with E-state index in [1.54, 1.807) is 0 Å². The summed E-state index contributed by atoms with van der Waals surface area (Å²) in [6.45, 7) is 0. The van der Waals surface area contributed by atoms with E-state index in [-0.39, 0.29) is 11.6 Å². The lowest BCUT2D eigenvalue weighted by Crippen LogP contribution is -1.99. The second-order valence-corrected chi connectivity index (χ2v) is 3.18. The van der Waals surface area contributed by atoms with Crippen LogP contribution in [0.15, 0.2) is 12.2 Å². The third-order valence-electron chi connectivity index (χ3n) is 2.05. The normalized spacial score (nSPS) is 23.7. The predicted octanol–water partition coefficient (Wildman–Crippen LogP) is 2.04. The van der Waals surface area contributed by atoms with Crippen LogP contribution in [0.1, 0.15) is 38.5 Å². The Hall–Kier alpha value is -0.920. The van der Waals surface area contributed by atoms with Gasteiger partial charge in [-0.1, -0.05) is 12.8 Å². The molecule has 0 saturated heterocycles. The van der Waals surface area contributed by atoms with Gasteiger partial charge in [-0.3, -0.25) is 9.59 Å². The summed E-state index contributed by atoms with van der Waals surface area (Å²) >= 11 is 0. The number of hydrogen-bond acceptors (Lipinski definition) is 2. The number of carbonyl (C=O) groups excluding carboxylic acids is 2. The van der Waals surface area contributed by atoms with Gasteiger partial charge in [0.15, 0.2) is 11.6 Å². The second-order valence-electron chi connectivity index (χ2n) is 3.18. The van der Waals surface area contributed by atoms with Gasteiger partial charge in [-0.2, -0.15) is 0 Å². The van der Waals surface area contributed by atoms with Crippen molar-refractivity contribution in [2.24, 2.45) is 0 Å². The molecule has 66 valence electrons. The third-order valence-corrected chi connectivity index (χ3v) is 2.05. The van der Waals surface area contributed by atoms with E-state index in [4.69, 9.17) is 0 Å². The molecule has 1 aliphatic carbocycles.